The SMILES string of the molecule is O=C(O)C1CCCCN1C(=O)[C@@H]1CCCNC1. The van der Waals surface area contributed by atoms with E-state index in [1.54, 1.807) is 4.90 Å². The molecule has 1 amide bonds. The summed E-state index contributed by atoms with van der Waals surface area (Å²) in [7, 11) is 0. The predicted octanol–water partition coefficient (Wildman–Crippen LogP) is 0.452. The second-order valence-electron chi connectivity index (χ2n) is 4.92. The van der Waals surface area contributed by atoms with Gasteiger partial charge in [-0.15, -0.1) is 0 Å². The first-order chi connectivity index (χ1) is 8.20. The Morgan fingerprint density at radius 1 is 1.18 bits per heavy atom. The van der Waals surface area contributed by atoms with Crippen molar-refractivity contribution in [3.8, 4) is 0 Å². The molecule has 96 valence electrons. The fraction of sp³-hybridized carbons (Fsp3) is 0.833. The highest BCUT2D eigenvalue weighted by atomic mass is 16.4. The number of hydrogen-bond acceptors (Lipinski definition) is 3. The lowest BCUT2D eigenvalue weighted by molar-refractivity contribution is -0.154. The van der Waals surface area contributed by atoms with Crippen molar-refractivity contribution in [2.24, 2.45) is 5.92 Å². The number of amides is 1. The molecule has 2 saturated heterocycles. The average molecular weight is 240 g/mol. The molecule has 2 rings (SSSR count). The molecular formula is C12H20N2O3. The molecule has 2 aliphatic heterocycles. The first-order valence-electron chi connectivity index (χ1n) is 6.44. The van der Waals surface area contributed by atoms with Gasteiger partial charge in [-0.2, -0.15) is 0 Å². The summed E-state index contributed by atoms with van der Waals surface area (Å²) >= 11 is 0. The first kappa shape index (κ1) is 12.4. The van der Waals surface area contributed by atoms with Gasteiger partial charge in [-0.25, -0.2) is 4.79 Å². The summed E-state index contributed by atoms with van der Waals surface area (Å²) in [6.45, 7) is 2.26. The number of aliphatic carboxylic acids is 1. The van der Waals surface area contributed by atoms with Crippen molar-refractivity contribution in [3.63, 3.8) is 0 Å². The molecule has 0 aromatic carbocycles. The fourth-order valence-corrected chi connectivity index (χ4v) is 2.75. The first-order valence-corrected chi connectivity index (χ1v) is 6.44. The van der Waals surface area contributed by atoms with Gasteiger partial charge >= 0.3 is 5.97 Å². The molecule has 0 aliphatic carbocycles. The molecule has 0 saturated carbocycles. The highest BCUT2D eigenvalue weighted by Crippen LogP contribution is 2.22. The average Bonchev–Trinajstić information content (AvgIpc) is 2.39. The zero-order chi connectivity index (χ0) is 12.3. The van der Waals surface area contributed by atoms with E-state index in [2.05, 4.69) is 5.32 Å². The maximum absolute atomic E-state index is 12.3. The van der Waals surface area contributed by atoms with E-state index in [1.165, 1.54) is 0 Å². The molecule has 0 aromatic heterocycles. The van der Waals surface area contributed by atoms with Crippen molar-refractivity contribution < 1.29 is 14.7 Å². The lowest BCUT2D eigenvalue weighted by Gasteiger charge is -2.36. The molecule has 1 unspecified atom stereocenters. The molecule has 5 heteroatoms. The second-order valence-corrected chi connectivity index (χ2v) is 4.92. The highest BCUT2D eigenvalue weighted by molar-refractivity contribution is 5.85. The van der Waals surface area contributed by atoms with Crippen LogP contribution in [0.2, 0.25) is 0 Å². The summed E-state index contributed by atoms with van der Waals surface area (Å²) in [5.41, 5.74) is 0. The molecule has 2 heterocycles. The van der Waals surface area contributed by atoms with Gasteiger partial charge in [0, 0.05) is 13.1 Å². The molecule has 17 heavy (non-hydrogen) atoms. The Morgan fingerprint density at radius 2 is 2.00 bits per heavy atom. The lowest BCUT2D eigenvalue weighted by atomic mass is 9.94. The predicted molar refractivity (Wildman–Crippen MR) is 62.6 cm³/mol. The maximum Gasteiger partial charge on any atom is 0.326 e. The smallest absolute Gasteiger partial charge is 0.326 e. The molecule has 2 N–H and O–H groups in total. The van der Waals surface area contributed by atoms with Gasteiger partial charge < -0.3 is 15.3 Å². The Balaban J connectivity index is 2.02. The standard InChI is InChI=1S/C12H20N2O3/c15-11(9-4-3-6-13-8-9)14-7-2-1-5-10(14)12(16)17/h9-10,13H,1-8H2,(H,16,17)/t9-,10?/m1/s1. The largest absolute Gasteiger partial charge is 0.480 e. The number of piperidine rings is 2. The summed E-state index contributed by atoms with van der Waals surface area (Å²) in [6, 6.07) is -0.599. The van der Waals surface area contributed by atoms with Gasteiger partial charge in [0.25, 0.3) is 0 Å². The van der Waals surface area contributed by atoms with Gasteiger partial charge in [0.1, 0.15) is 6.04 Å². The number of likely N-dealkylation sites (tertiary alicyclic amines) is 1. The number of carboxylic acid groups (broad SMARTS) is 1. The number of carbonyl (C=O) groups is 2. The van der Waals surface area contributed by atoms with Crippen molar-refractivity contribution >= 4 is 11.9 Å². The van der Waals surface area contributed by atoms with Crippen LogP contribution < -0.4 is 5.32 Å². The third-order valence-corrected chi connectivity index (χ3v) is 3.72. The molecule has 5 nitrogen and oxygen atoms in total. The number of nitrogens with one attached hydrogen (secondary N) is 1. The molecule has 2 atom stereocenters. The molecule has 0 spiro atoms. The molecule has 0 radical (unpaired) electrons. The quantitative estimate of drug-likeness (QED) is 0.735. The van der Waals surface area contributed by atoms with E-state index in [0.717, 1.165) is 32.2 Å². The van der Waals surface area contributed by atoms with Crippen LogP contribution >= 0.6 is 0 Å². The van der Waals surface area contributed by atoms with E-state index in [-0.39, 0.29) is 11.8 Å². The van der Waals surface area contributed by atoms with Gasteiger partial charge in [0.05, 0.1) is 5.92 Å². The minimum absolute atomic E-state index is 0.0244. The Morgan fingerprint density at radius 3 is 2.65 bits per heavy atom. The van der Waals surface area contributed by atoms with Gasteiger partial charge in [-0.05, 0) is 38.6 Å². The summed E-state index contributed by atoms with van der Waals surface area (Å²) in [5.74, 6) is -0.852. The number of carboxylic acids is 1. The van der Waals surface area contributed by atoms with Crippen LogP contribution in [-0.4, -0.2) is 47.6 Å². The Kier molecular flexibility index (Phi) is 3.99. The Labute approximate surface area is 101 Å². The molecule has 0 bridgehead atoms. The fourth-order valence-electron chi connectivity index (χ4n) is 2.75. The summed E-state index contributed by atoms with van der Waals surface area (Å²) in [5, 5.41) is 12.4. The second kappa shape index (κ2) is 5.49. The van der Waals surface area contributed by atoms with Crippen LogP contribution in [0.25, 0.3) is 0 Å². The number of hydrogen-bond donors (Lipinski definition) is 2. The normalized spacial score (nSPS) is 30.0. The van der Waals surface area contributed by atoms with Crippen LogP contribution in [0.5, 0.6) is 0 Å². The van der Waals surface area contributed by atoms with E-state index in [0.29, 0.717) is 19.5 Å². The summed E-state index contributed by atoms with van der Waals surface area (Å²) in [4.78, 5) is 25.0. The molecule has 2 aliphatic rings. The van der Waals surface area contributed by atoms with Gasteiger partial charge in [-0.3, -0.25) is 4.79 Å². The van der Waals surface area contributed by atoms with Crippen LogP contribution in [-0.2, 0) is 9.59 Å². The van der Waals surface area contributed by atoms with Crippen molar-refractivity contribution in [2.75, 3.05) is 19.6 Å². The highest BCUT2D eigenvalue weighted by Gasteiger charge is 2.35. The topological polar surface area (TPSA) is 69.6 Å². The van der Waals surface area contributed by atoms with Crippen molar-refractivity contribution in [1.29, 1.82) is 0 Å². The molecule has 0 aromatic rings. The Hall–Kier alpha value is -1.10. The number of nitrogens with zero attached hydrogens (tertiary/aromatic N) is 1. The number of carbonyl (C=O) groups excluding carboxylic acids is 1. The van der Waals surface area contributed by atoms with Gasteiger partial charge in [0.2, 0.25) is 5.91 Å². The maximum atomic E-state index is 12.3. The van der Waals surface area contributed by atoms with E-state index >= 15 is 0 Å². The van der Waals surface area contributed by atoms with Crippen LogP contribution in [0.1, 0.15) is 32.1 Å². The van der Waals surface area contributed by atoms with Gasteiger partial charge in [-0.1, -0.05) is 0 Å². The monoisotopic (exact) mass is 240 g/mol. The minimum atomic E-state index is -0.859. The minimum Gasteiger partial charge on any atom is -0.480 e. The van der Waals surface area contributed by atoms with Crippen LogP contribution in [0.3, 0.4) is 0 Å². The summed E-state index contributed by atoms with van der Waals surface area (Å²) < 4.78 is 0. The van der Waals surface area contributed by atoms with Crippen molar-refractivity contribution in [1.82, 2.24) is 10.2 Å². The summed E-state index contributed by atoms with van der Waals surface area (Å²) in [6.07, 6.45) is 4.32. The zero-order valence-corrected chi connectivity index (χ0v) is 10.0. The van der Waals surface area contributed by atoms with E-state index in [9.17, 15) is 9.59 Å². The van der Waals surface area contributed by atoms with E-state index in [4.69, 9.17) is 5.11 Å². The van der Waals surface area contributed by atoms with Crippen LogP contribution in [0.4, 0.5) is 0 Å². The van der Waals surface area contributed by atoms with E-state index < -0.39 is 12.0 Å². The Bertz CT molecular complexity index is 300. The zero-order valence-electron chi connectivity index (χ0n) is 10.0. The molecular weight excluding hydrogens is 220 g/mol. The van der Waals surface area contributed by atoms with Crippen LogP contribution in [0, 0.1) is 5.92 Å². The van der Waals surface area contributed by atoms with Crippen LogP contribution in [0.15, 0.2) is 0 Å². The lowest BCUT2D eigenvalue weighted by Crippen LogP contribution is -2.52. The van der Waals surface area contributed by atoms with Crippen molar-refractivity contribution in [2.45, 2.75) is 38.1 Å². The van der Waals surface area contributed by atoms with Gasteiger partial charge in [0.15, 0.2) is 0 Å². The van der Waals surface area contributed by atoms with Crippen molar-refractivity contribution in [3.05, 3.63) is 0 Å². The van der Waals surface area contributed by atoms with E-state index in [1.807, 2.05) is 0 Å². The third-order valence-electron chi connectivity index (χ3n) is 3.72. The number of rotatable bonds is 2. The molecule has 2 fully saturated rings. The third kappa shape index (κ3) is 2.77.